The zero-order chi connectivity index (χ0) is 12.0. The lowest BCUT2D eigenvalue weighted by molar-refractivity contribution is -0.138. The van der Waals surface area contributed by atoms with E-state index in [1.165, 1.54) is 0 Å². The van der Waals surface area contributed by atoms with E-state index in [2.05, 4.69) is 0 Å². The number of amides is 1. The fourth-order valence-electron chi connectivity index (χ4n) is 2.26. The van der Waals surface area contributed by atoms with Crippen molar-refractivity contribution in [2.24, 2.45) is 11.1 Å². The normalized spacial score (nSPS) is 31.1. The van der Waals surface area contributed by atoms with Crippen LogP contribution in [0.4, 0.5) is 0 Å². The Kier molecular flexibility index (Phi) is 2.74. The highest BCUT2D eigenvalue weighted by molar-refractivity contribution is 7.91. The third-order valence-corrected chi connectivity index (χ3v) is 5.42. The van der Waals surface area contributed by atoms with Gasteiger partial charge in [0.05, 0.1) is 16.9 Å². The smallest absolute Gasteiger partial charge is 0.230 e. The average molecular weight is 246 g/mol. The minimum absolute atomic E-state index is 0.0531. The lowest BCUT2D eigenvalue weighted by atomic mass is 10.0. The van der Waals surface area contributed by atoms with Gasteiger partial charge in [-0.25, -0.2) is 8.42 Å². The first kappa shape index (κ1) is 11.9. The van der Waals surface area contributed by atoms with Crippen molar-refractivity contribution < 1.29 is 13.2 Å². The van der Waals surface area contributed by atoms with Crippen LogP contribution in [0.1, 0.15) is 19.8 Å². The summed E-state index contributed by atoms with van der Waals surface area (Å²) >= 11 is 0. The molecule has 2 N–H and O–H groups in total. The predicted molar refractivity (Wildman–Crippen MR) is 60.6 cm³/mol. The van der Waals surface area contributed by atoms with Gasteiger partial charge in [-0.2, -0.15) is 0 Å². The van der Waals surface area contributed by atoms with Crippen molar-refractivity contribution in [3.63, 3.8) is 0 Å². The molecule has 1 aliphatic carbocycles. The highest BCUT2D eigenvalue weighted by Gasteiger charge is 2.51. The van der Waals surface area contributed by atoms with E-state index in [0.717, 1.165) is 12.8 Å². The van der Waals surface area contributed by atoms with Crippen molar-refractivity contribution in [3.05, 3.63) is 0 Å². The van der Waals surface area contributed by atoms with E-state index in [1.54, 1.807) is 11.8 Å². The van der Waals surface area contributed by atoms with Gasteiger partial charge < -0.3 is 10.6 Å². The standard InChI is InChI=1S/C10H18N2O3S/c1-8-6-16(14,15)5-4-12(8)9(13)10(7-11)2-3-10/h8H,2-7,11H2,1H3. The van der Waals surface area contributed by atoms with E-state index in [9.17, 15) is 13.2 Å². The van der Waals surface area contributed by atoms with Crippen molar-refractivity contribution in [1.82, 2.24) is 4.90 Å². The van der Waals surface area contributed by atoms with E-state index < -0.39 is 9.84 Å². The van der Waals surface area contributed by atoms with Crippen LogP contribution in [-0.4, -0.2) is 49.9 Å². The summed E-state index contributed by atoms with van der Waals surface area (Å²) in [6, 6.07) is -0.213. The maximum Gasteiger partial charge on any atom is 0.230 e. The molecule has 1 aliphatic heterocycles. The second-order valence-electron chi connectivity index (χ2n) is 4.95. The molecule has 92 valence electrons. The van der Waals surface area contributed by atoms with Crippen LogP contribution >= 0.6 is 0 Å². The van der Waals surface area contributed by atoms with Crippen LogP contribution in [0.5, 0.6) is 0 Å². The van der Waals surface area contributed by atoms with E-state index in [0.29, 0.717) is 13.1 Å². The molecule has 0 radical (unpaired) electrons. The zero-order valence-corrected chi connectivity index (χ0v) is 10.3. The van der Waals surface area contributed by atoms with E-state index in [-0.39, 0.29) is 28.9 Å². The van der Waals surface area contributed by atoms with Gasteiger partial charge in [-0.05, 0) is 19.8 Å². The molecule has 0 aromatic carbocycles. The first-order chi connectivity index (χ1) is 7.40. The number of nitrogens with zero attached hydrogens (tertiary/aromatic N) is 1. The number of hydrogen-bond acceptors (Lipinski definition) is 4. The molecular formula is C10H18N2O3S. The van der Waals surface area contributed by atoms with Gasteiger partial charge in [0.15, 0.2) is 9.84 Å². The SMILES string of the molecule is CC1CS(=O)(=O)CCN1C(=O)C1(CN)CC1. The largest absolute Gasteiger partial charge is 0.337 e. The molecule has 1 heterocycles. The quantitative estimate of drug-likeness (QED) is 0.703. The lowest BCUT2D eigenvalue weighted by Crippen LogP contribution is -2.53. The molecule has 1 saturated carbocycles. The second kappa shape index (κ2) is 3.70. The van der Waals surface area contributed by atoms with Gasteiger partial charge in [0.25, 0.3) is 0 Å². The van der Waals surface area contributed by atoms with E-state index in [4.69, 9.17) is 5.73 Å². The van der Waals surface area contributed by atoms with Crippen LogP contribution in [0.2, 0.25) is 0 Å². The molecule has 2 rings (SSSR count). The first-order valence-corrected chi connectivity index (χ1v) is 7.44. The highest BCUT2D eigenvalue weighted by atomic mass is 32.2. The van der Waals surface area contributed by atoms with Crippen molar-refractivity contribution in [1.29, 1.82) is 0 Å². The molecule has 0 aromatic rings. The van der Waals surface area contributed by atoms with Crippen LogP contribution in [0.3, 0.4) is 0 Å². The number of sulfone groups is 1. The van der Waals surface area contributed by atoms with Gasteiger partial charge in [0.2, 0.25) is 5.91 Å². The third-order valence-electron chi connectivity index (χ3n) is 3.63. The Morgan fingerprint density at radius 2 is 2.12 bits per heavy atom. The number of rotatable bonds is 2. The maximum atomic E-state index is 12.2. The summed E-state index contributed by atoms with van der Waals surface area (Å²) in [6.45, 7) is 2.49. The summed E-state index contributed by atoms with van der Waals surface area (Å²) in [7, 11) is -2.96. The summed E-state index contributed by atoms with van der Waals surface area (Å²) in [5, 5.41) is 0. The summed E-state index contributed by atoms with van der Waals surface area (Å²) < 4.78 is 22.8. The molecule has 2 fully saturated rings. The van der Waals surface area contributed by atoms with Gasteiger partial charge in [-0.15, -0.1) is 0 Å². The van der Waals surface area contributed by atoms with E-state index in [1.807, 2.05) is 0 Å². The summed E-state index contributed by atoms with van der Waals surface area (Å²) in [5.74, 6) is 0.223. The van der Waals surface area contributed by atoms with Crippen molar-refractivity contribution >= 4 is 15.7 Å². The van der Waals surface area contributed by atoms with Gasteiger partial charge in [-0.1, -0.05) is 0 Å². The Morgan fingerprint density at radius 3 is 2.56 bits per heavy atom. The van der Waals surface area contributed by atoms with Crippen molar-refractivity contribution in [3.8, 4) is 0 Å². The number of hydrogen-bond donors (Lipinski definition) is 1. The summed E-state index contributed by atoms with van der Waals surface area (Å²) in [5.41, 5.74) is 5.24. The third kappa shape index (κ3) is 1.96. The van der Waals surface area contributed by atoms with Gasteiger partial charge >= 0.3 is 0 Å². The Morgan fingerprint density at radius 1 is 1.50 bits per heavy atom. The predicted octanol–water partition coefficient (Wildman–Crippen LogP) is -0.629. The second-order valence-corrected chi connectivity index (χ2v) is 7.18. The highest BCUT2D eigenvalue weighted by Crippen LogP contribution is 2.46. The van der Waals surface area contributed by atoms with Crippen LogP contribution in [-0.2, 0) is 14.6 Å². The van der Waals surface area contributed by atoms with Crippen molar-refractivity contribution in [2.45, 2.75) is 25.8 Å². The molecule has 16 heavy (non-hydrogen) atoms. The first-order valence-electron chi connectivity index (χ1n) is 5.62. The van der Waals surface area contributed by atoms with E-state index >= 15 is 0 Å². The topological polar surface area (TPSA) is 80.5 Å². The van der Waals surface area contributed by atoms with Crippen LogP contribution in [0.15, 0.2) is 0 Å². The minimum Gasteiger partial charge on any atom is -0.337 e. The number of nitrogens with two attached hydrogens (primary N) is 1. The molecule has 0 bridgehead atoms. The fourth-order valence-corrected chi connectivity index (χ4v) is 3.82. The molecule has 1 unspecified atom stereocenters. The maximum absolute atomic E-state index is 12.2. The Balaban J connectivity index is 2.09. The number of carbonyl (C=O) groups is 1. The van der Waals surface area contributed by atoms with Gasteiger partial charge in [-0.3, -0.25) is 4.79 Å². The summed E-state index contributed by atoms with van der Waals surface area (Å²) in [6.07, 6.45) is 1.69. The van der Waals surface area contributed by atoms with Gasteiger partial charge in [0.1, 0.15) is 0 Å². The molecule has 6 heteroatoms. The molecule has 1 saturated heterocycles. The Labute approximate surface area is 95.9 Å². The monoisotopic (exact) mass is 246 g/mol. The number of carbonyl (C=O) groups excluding carboxylic acids is 1. The molecule has 1 amide bonds. The molecule has 1 atom stereocenters. The summed E-state index contributed by atoms with van der Waals surface area (Å²) in [4.78, 5) is 13.9. The average Bonchev–Trinajstić information content (AvgIpc) is 2.96. The van der Waals surface area contributed by atoms with Crippen LogP contribution in [0, 0.1) is 5.41 Å². The molecular weight excluding hydrogens is 228 g/mol. The van der Waals surface area contributed by atoms with Gasteiger partial charge in [0, 0.05) is 19.1 Å². The Bertz CT molecular complexity index is 400. The molecule has 0 spiro atoms. The Hall–Kier alpha value is -0.620. The zero-order valence-electron chi connectivity index (χ0n) is 9.48. The minimum atomic E-state index is -2.96. The molecule has 5 nitrogen and oxygen atoms in total. The van der Waals surface area contributed by atoms with Crippen LogP contribution < -0.4 is 5.73 Å². The fraction of sp³-hybridized carbons (Fsp3) is 0.900. The van der Waals surface area contributed by atoms with Crippen molar-refractivity contribution in [2.75, 3.05) is 24.6 Å². The van der Waals surface area contributed by atoms with Crippen LogP contribution in [0.25, 0.3) is 0 Å². The molecule has 0 aromatic heterocycles. The lowest BCUT2D eigenvalue weighted by Gasteiger charge is -2.35. The molecule has 2 aliphatic rings.